The van der Waals surface area contributed by atoms with Crippen LogP contribution in [0.2, 0.25) is 0 Å². The van der Waals surface area contributed by atoms with Crippen molar-refractivity contribution in [2.24, 2.45) is 11.0 Å². The number of Topliss-reactive ketones (excluding diaryl/α,β-unsaturated/α-hetero) is 1. The Balaban J connectivity index is 2.74. The minimum absolute atomic E-state index is 0.149. The number of ether oxygens (including phenoxy) is 3. The predicted octanol–water partition coefficient (Wildman–Crippen LogP) is 5.49. The van der Waals surface area contributed by atoms with E-state index in [2.05, 4.69) is 26.0 Å². The van der Waals surface area contributed by atoms with Gasteiger partial charge in [0.2, 0.25) is 5.91 Å². The van der Waals surface area contributed by atoms with E-state index in [9.17, 15) is 24.0 Å². The van der Waals surface area contributed by atoms with Crippen molar-refractivity contribution in [2.75, 3.05) is 19.6 Å². The molecule has 46 heavy (non-hydrogen) atoms. The minimum Gasteiger partial charge on any atom is -0.460 e. The van der Waals surface area contributed by atoms with Crippen molar-refractivity contribution >= 4 is 29.8 Å². The molecule has 0 radical (unpaired) electrons. The molecule has 14 heteroatoms. The number of nitrogens with one attached hydrogen (secondary N) is 3. The van der Waals surface area contributed by atoms with E-state index in [-0.39, 0.29) is 25.2 Å². The van der Waals surface area contributed by atoms with Crippen molar-refractivity contribution in [1.82, 2.24) is 16.0 Å². The van der Waals surface area contributed by atoms with Gasteiger partial charge in [0.15, 0.2) is 5.78 Å². The normalized spacial score (nSPS) is 12.5. The van der Waals surface area contributed by atoms with Crippen LogP contribution < -0.4 is 16.0 Å². The number of hydrogen-bond donors (Lipinski definition) is 3. The van der Waals surface area contributed by atoms with Gasteiger partial charge < -0.3 is 30.2 Å². The van der Waals surface area contributed by atoms with E-state index in [0.29, 0.717) is 45.2 Å². The third-order valence-electron chi connectivity index (χ3n) is 6.24. The zero-order valence-corrected chi connectivity index (χ0v) is 27.9. The van der Waals surface area contributed by atoms with Gasteiger partial charge in [0.05, 0.1) is 12.0 Å². The van der Waals surface area contributed by atoms with Gasteiger partial charge in [-0.05, 0) is 84.7 Å². The highest BCUT2D eigenvalue weighted by molar-refractivity contribution is 5.92. The summed E-state index contributed by atoms with van der Waals surface area (Å²) in [7, 11) is 0. The molecule has 1 rings (SSSR count). The molecule has 0 fully saturated rings. The van der Waals surface area contributed by atoms with Gasteiger partial charge in [0.1, 0.15) is 24.4 Å². The number of azide groups is 1. The number of nitrogens with zero attached hydrogens (tertiary/aromatic N) is 3. The number of rotatable bonds is 19. The van der Waals surface area contributed by atoms with Gasteiger partial charge in [-0.3, -0.25) is 14.4 Å². The lowest BCUT2D eigenvalue weighted by molar-refractivity contribution is -0.161. The maximum Gasteiger partial charge on any atom is 0.407 e. The molecule has 256 valence electrons. The van der Waals surface area contributed by atoms with Crippen molar-refractivity contribution in [3.8, 4) is 0 Å². The monoisotopic (exact) mass is 646 g/mol. The fourth-order valence-electron chi connectivity index (χ4n) is 4.18. The SMILES string of the molecule is CC(C)(C)OC(=O)NCCCC[C@H](NC(=O)CN=[N+]=[N-])C(=O)C[C@@H](CCCCNC(=O)OCc1ccccc1)C(=O)OC(C)(C)C. The molecule has 2 atom stereocenters. The number of alkyl carbamates (subject to hydrolysis) is 2. The Kier molecular flexibility index (Phi) is 17.8. The molecule has 0 aliphatic carbocycles. The van der Waals surface area contributed by atoms with Crippen LogP contribution in [0.15, 0.2) is 35.4 Å². The third kappa shape index (κ3) is 19.9. The highest BCUT2D eigenvalue weighted by Gasteiger charge is 2.30. The van der Waals surface area contributed by atoms with Crippen LogP contribution in [0.3, 0.4) is 0 Å². The fraction of sp³-hybridized carbons (Fsp3) is 0.656. The number of amides is 3. The lowest BCUT2D eigenvalue weighted by atomic mass is 9.91. The predicted molar refractivity (Wildman–Crippen MR) is 171 cm³/mol. The summed E-state index contributed by atoms with van der Waals surface area (Å²) in [6, 6.07) is 8.35. The van der Waals surface area contributed by atoms with Crippen LogP contribution in [0.25, 0.3) is 10.4 Å². The van der Waals surface area contributed by atoms with Gasteiger partial charge in [-0.2, -0.15) is 0 Å². The Morgan fingerprint density at radius 1 is 0.826 bits per heavy atom. The van der Waals surface area contributed by atoms with E-state index in [1.54, 1.807) is 41.5 Å². The zero-order chi connectivity index (χ0) is 34.6. The number of carbonyl (C=O) groups excluding carboxylic acids is 5. The summed E-state index contributed by atoms with van der Waals surface area (Å²) < 4.78 is 16.0. The molecule has 3 amide bonds. The molecule has 14 nitrogen and oxygen atoms in total. The first kappa shape index (κ1) is 39.7. The second-order valence-electron chi connectivity index (χ2n) is 12.8. The summed E-state index contributed by atoms with van der Waals surface area (Å²) >= 11 is 0. The van der Waals surface area contributed by atoms with Crippen molar-refractivity contribution in [1.29, 1.82) is 0 Å². The first-order valence-corrected chi connectivity index (χ1v) is 15.6. The third-order valence-corrected chi connectivity index (χ3v) is 6.24. The summed E-state index contributed by atoms with van der Waals surface area (Å²) in [5.74, 6) is -2.30. The molecule has 0 heterocycles. The van der Waals surface area contributed by atoms with Crippen LogP contribution in [0.4, 0.5) is 9.59 Å². The molecular formula is C32H50N6O8. The first-order chi connectivity index (χ1) is 21.6. The maximum absolute atomic E-state index is 13.4. The van der Waals surface area contributed by atoms with E-state index in [1.807, 2.05) is 30.3 Å². The number of ketones is 1. The van der Waals surface area contributed by atoms with Crippen LogP contribution in [0.1, 0.15) is 92.1 Å². The molecule has 0 unspecified atom stereocenters. The Hall–Kier alpha value is -4.32. The van der Waals surface area contributed by atoms with E-state index in [4.69, 9.17) is 19.7 Å². The van der Waals surface area contributed by atoms with Crippen LogP contribution in [0.5, 0.6) is 0 Å². The molecule has 0 saturated carbocycles. The number of carbonyl (C=O) groups is 5. The smallest absolute Gasteiger partial charge is 0.407 e. The molecule has 0 saturated heterocycles. The van der Waals surface area contributed by atoms with Gasteiger partial charge in [0.25, 0.3) is 0 Å². The Bertz CT molecular complexity index is 1170. The molecule has 0 aliphatic heterocycles. The summed E-state index contributed by atoms with van der Waals surface area (Å²) in [5.41, 5.74) is 8.02. The molecule has 1 aromatic carbocycles. The summed E-state index contributed by atoms with van der Waals surface area (Å²) in [4.78, 5) is 65.3. The van der Waals surface area contributed by atoms with Crippen molar-refractivity contribution in [3.05, 3.63) is 46.3 Å². The van der Waals surface area contributed by atoms with E-state index < -0.39 is 53.8 Å². The quantitative estimate of drug-likeness (QED) is 0.0437. The average molecular weight is 647 g/mol. The zero-order valence-electron chi connectivity index (χ0n) is 27.9. The van der Waals surface area contributed by atoms with Crippen LogP contribution >= 0.6 is 0 Å². The Morgan fingerprint density at radius 3 is 2.00 bits per heavy atom. The lowest BCUT2D eigenvalue weighted by Crippen LogP contribution is -2.43. The highest BCUT2D eigenvalue weighted by atomic mass is 16.6. The molecule has 0 spiro atoms. The van der Waals surface area contributed by atoms with Gasteiger partial charge in [-0.1, -0.05) is 41.9 Å². The molecule has 0 bridgehead atoms. The van der Waals surface area contributed by atoms with Crippen molar-refractivity contribution < 1.29 is 38.2 Å². The Labute approximate surface area is 271 Å². The second-order valence-corrected chi connectivity index (χ2v) is 12.8. The summed E-state index contributed by atoms with van der Waals surface area (Å²) in [5, 5.41) is 11.2. The van der Waals surface area contributed by atoms with E-state index in [1.165, 1.54) is 0 Å². The second kappa shape index (κ2) is 20.7. The van der Waals surface area contributed by atoms with Gasteiger partial charge in [-0.15, -0.1) is 0 Å². The number of unbranched alkanes of at least 4 members (excludes halogenated alkanes) is 2. The minimum atomic E-state index is -0.936. The molecule has 0 aromatic heterocycles. The van der Waals surface area contributed by atoms with Crippen molar-refractivity contribution in [2.45, 2.75) is 110 Å². The summed E-state index contributed by atoms with van der Waals surface area (Å²) in [6.07, 6.45) is 1.30. The standard InChI is InChI=1S/C32H50N6O8/c1-31(2,3)45-28(41)24(16-10-12-18-34-29(42)44-22-23-14-8-7-9-15-23)20-26(39)25(37-27(40)21-36-38-33)17-11-13-19-35-30(43)46-32(4,5)6/h7-9,14-15,24-25H,10-13,16-22H2,1-6H3,(H,34,42)(H,35,43)(H,37,40)/t24-,25+/m1/s1. The molecule has 3 N–H and O–H groups in total. The number of esters is 1. The van der Waals surface area contributed by atoms with Crippen LogP contribution in [-0.4, -0.2) is 66.7 Å². The number of benzene rings is 1. The lowest BCUT2D eigenvalue weighted by Gasteiger charge is -2.25. The topological polar surface area (TPSA) is 198 Å². The molecule has 0 aliphatic rings. The van der Waals surface area contributed by atoms with Gasteiger partial charge in [-0.25, -0.2) is 9.59 Å². The van der Waals surface area contributed by atoms with Gasteiger partial charge in [0, 0.05) is 24.4 Å². The number of hydrogen-bond acceptors (Lipinski definition) is 9. The van der Waals surface area contributed by atoms with E-state index >= 15 is 0 Å². The van der Waals surface area contributed by atoms with E-state index in [0.717, 1.165) is 5.56 Å². The molecule has 1 aromatic rings. The largest absolute Gasteiger partial charge is 0.460 e. The van der Waals surface area contributed by atoms with Gasteiger partial charge >= 0.3 is 18.2 Å². The highest BCUT2D eigenvalue weighted by Crippen LogP contribution is 2.21. The molecular weight excluding hydrogens is 596 g/mol. The Morgan fingerprint density at radius 2 is 1.41 bits per heavy atom. The van der Waals surface area contributed by atoms with Crippen LogP contribution in [0, 0.1) is 5.92 Å². The first-order valence-electron chi connectivity index (χ1n) is 15.6. The van der Waals surface area contributed by atoms with Crippen molar-refractivity contribution in [3.63, 3.8) is 0 Å². The summed E-state index contributed by atoms with van der Waals surface area (Å²) in [6.45, 7) is 10.8. The van der Waals surface area contributed by atoms with Crippen LogP contribution in [-0.2, 0) is 35.2 Å². The average Bonchev–Trinajstić information content (AvgIpc) is 2.96. The fourth-order valence-corrected chi connectivity index (χ4v) is 4.18. The maximum atomic E-state index is 13.4.